The number of fused-ring (bicyclic) bond motifs is 1. The van der Waals surface area contributed by atoms with Gasteiger partial charge in [-0.3, -0.25) is 14.4 Å². The van der Waals surface area contributed by atoms with Gasteiger partial charge in [0.25, 0.3) is 0 Å². The lowest BCUT2D eigenvalue weighted by Gasteiger charge is -2.24. The van der Waals surface area contributed by atoms with Gasteiger partial charge in [0.05, 0.1) is 12.4 Å². The summed E-state index contributed by atoms with van der Waals surface area (Å²) in [7, 11) is 0. The summed E-state index contributed by atoms with van der Waals surface area (Å²) in [5, 5.41) is 21.6. The van der Waals surface area contributed by atoms with E-state index in [1.165, 1.54) is 12.5 Å². The number of nitrogens with zero attached hydrogens (tertiary/aromatic N) is 1. The number of hydrogen-bond donors (Lipinski definition) is 8. The first kappa shape index (κ1) is 27.2. The molecule has 1 fully saturated rings. The number of rotatable bonds is 12. The summed E-state index contributed by atoms with van der Waals surface area (Å²) in [6.45, 7) is 0.728. The molecule has 3 heterocycles. The van der Waals surface area contributed by atoms with Crippen molar-refractivity contribution in [1.29, 1.82) is 0 Å². The average Bonchev–Trinajstić information content (AvgIpc) is 3.69. The number of para-hydroxylation sites is 1. The van der Waals surface area contributed by atoms with Crippen LogP contribution in [-0.4, -0.2) is 80.2 Å². The van der Waals surface area contributed by atoms with Gasteiger partial charge in [-0.1, -0.05) is 18.2 Å². The van der Waals surface area contributed by atoms with Crippen LogP contribution in [0.25, 0.3) is 10.9 Å². The van der Waals surface area contributed by atoms with Crippen LogP contribution in [0.15, 0.2) is 43.0 Å². The minimum absolute atomic E-state index is 0.0153. The molecule has 0 radical (unpaired) electrons. The van der Waals surface area contributed by atoms with Gasteiger partial charge in [-0.05, 0) is 31.0 Å². The number of imidazole rings is 1. The van der Waals surface area contributed by atoms with Crippen molar-refractivity contribution in [2.75, 3.05) is 12.3 Å². The molecule has 0 saturated carbocycles. The van der Waals surface area contributed by atoms with Gasteiger partial charge in [0.2, 0.25) is 17.7 Å². The first-order chi connectivity index (χ1) is 18.4. The van der Waals surface area contributed by atoms with Crippen LogP contribution in [-0.2, 0) is 32.0 Å². The van der Waals surface area contributed by atoms with Crippen molar-refractivity contribution in [1.82, 2.24) is 36.2 Å². The summed E-state index contributed by atoms with van der Waals surface area (Å²) in [6, 6.07) is 3.79. The van der Waals surface area contributed by atoms with Crippen LogP contribution in [0, 0.1) is 0 Å². The molecule has 4 atom stereocenters. The largest absolute Gasteiger partial charge is 0.480 e. The van der Waals surface area contributed by atoms with Gasteiger partial charge < -0.3 is 36.3 Å². The maximum absolute atomic E-state index is 13.4. The SMILES string of the molecule is O=C(O)C(Cc1cnc[nH]1)NC(=O)C(Cc1c[nH]c2ccccc12)NC(=O)C(CS)NC(=O)C1CCCN1. The number of H-pyrrole nitrogens is 2. The second-order valence-corrected chi connectivity index (χ2v) is 9.56. The summed E-state index contributed by atoms with van der Waals surface area (Å²) in [6.07, 6.45) is 6.26. The van der Waals surface area contributed by atoms with E-state index in [9.17, 15) is 24.3 Å². The minimum atomic E-state index is -1.25. The maximum atomic E-state index is 13.4. The summed E-state index contributed by atoms with van der Waals surface area (Å²) >= 11 is 4.23. The number of amides is 3. The Morgan fingerprint density at radius 2 is 1.79 bits per heavy atom. The van der Waals surface area contributed by atoms with Crippen molar-refractivity contribution in [3.8, 4) is 0 Å². The van der Waals surface area contributed by atoms with Crippen molar-refractivity contribution < 1.29 is 24.3 Å². The molecule has 0 aliphatic carbocycles. The van der Waals surface area contributed by atoms with E-state index < -0.39 is 35.9 Å². The Balaban J connectivity index is 1.52. The van der Waals surface area contributed by atoms with E-state index in [2.05, 4.69) is 48.8 Å². The van der Waals surface area contributed by atoms with Crippen molar-refractivity contribution in [2.24, 2.45) is 0 Å². The highest BCUT2D eigenvalue weighted by atomic mass is 32.1. The van der Waals surface area contributed by atoms with Crippen LogP contribution in [0.1, 0.15) is 24.1 Å². The normalized spacial score (nSPS) is 17.4. The molecule has 13 heteroatoms. The Morgan fingerprint density at radius 3 is 2.47 bits per heavy atom. The van der Waals surface area contributed by atoms with Crippen molar-refractivity contribution >= 4 is 47.2 Å². The predicted octanol–water partition coefficient (Wildman–Crippen LogP) is -0.103. The smallest absolute Gasteiger partial charge is 0.326 e. The number of aromatic nitrogens is 3. The Morgan fingerprint density at radius 1 is 1.03 bits per heavy atom. The van der Waals surface area contributed by atoms with Crippen LogP contribution in [0.4, 0.5) is 0 Å². The maximum Gasteiger partial charge on any atom is 0.326 e. The third-order valence-corrected chi connectivity index (χ3v) is 6.88. The fourth-order valence-electron chi connectivity index (χ4n) is 4.47. The molecule has 12 nitrogen and oxygen atoms in total. The topological polar surface area (TPSA) is 181 Å². The van der Waals surface area contributed by atoms with Crippen molar-refractivity contribution in [3.05, 3.63) is 54.2 Å². The molecule has 7 N–H and O–H groups in total. The molecule has 1 aliphatic rings. The van der Waals surface area contributed by atoms with E-state index in [-0.39, 0.29) is 30.5 Å². The van der Waals surface area contributed by atoms with Gasteiger partial charge in [-0.25, -0.2) is 9.78 Å². The fraction of sp³-hybridized carbons (Fsp3) is 0.400. The molecular formula is C25H31N7O5S. The number of nitrogens with one attached hydrogen (secondary N) is 6. The fourth-order valence-corrected chi connectivity index (χ4v) is 4.72. The standard InChI is InChI=1S/C25H31N7O5S/c33-22(18-6-3-7-27-18)32-21(12-38)24(35)30-19(8-14-10-28-17-5-2-1-4-16(14)17)23(34)31-20(25(36)37)9-15-11-26-13-29-15/h1-2,4-5,10-11,13,18-21,27-28,38H,3,6-9,12H2,(H,26,29)(H,30,35)(H,31,34)(H,32,33)(H,36,37). The van der Waals surface area contributed by atoms with Gasteiger partial charge in [-0.15, -0.1) is 0 Å². The summed E-state index contributed by atoms with van der Waals surface area (Å²) < 4.78 is 0. The van der Waals surface area contributed by atoms with Gasteiger partial charge in [0.1, 0.15) is 18.1 Å². The number of benzene rings is 1. The van der Waals surface area contributed by atoms with Crippen LogP contribution in [0.2, 0.25) is 0 Å². The van der Waals surface area contributed by atoms with Gasteiger partial charge in [0.15, 0.2) is 0 Å². The highest BCUT2D eigenvalue weighted by Crippen LogP contribution is 2.19. The lowest BCUT2D eigenvalue weighted by molar-refractivity contribution is -0.142. The number of carbonyl (C=O) groups is 4. The number of carbonyl (C=O) groups excluding carboxylic acids is 3. The van der Waals surface area contributed by atoms with E-state index in [0.717, 1.165) is 29.4 Å². The molecule has 4 rings (SSSR count). The summed E-state index contributed by atoms with van der Waals surface area (Å²) in [5.41, 5.74) is 2.16. The molecular weight excluding hydrogens is 510 g/mol. The molecule has 202 valence electrons. The summed E-state index contributed by atoms with van der Waals surface area (Å²) in [4.78, 5) is 60.9. The third kappa shape index (κ3) is 6.72. The highest BCUT2D eigenvalue weighted by molar-refractivity contribution is 7.80. The van der Waals surface area contributed by atoms with E-state index in [1.54, 1.807) is 6.20 Å². The second-order valence-electron chi connectivity index (χ2n) is 9.20. The number of carboxylic acids is 1. The lowest BCUT2D eigenvalue weighted by Crippen LogP contribution is -2.58. The van der Waals surface area contributed by atoms with Crippen LogP contribution in [0.3, 0.4) is 0 Å². The minimum Gasteiger partial charge on any atom is -0.480 e. The Labute approximate surface area is 224 Å². The number of hydrogen-bond acceptors (Lipinski definition) is 7. The van der Waals surface area contributed by atoms with Gasteiger partial charge in [-0.2, -0.15) is 12.6 Å². The second kappa shape index (κ2) is 12.6. The molecule has 4 unspecified atom stereocenters. The van der Waals surface area contributed by atoms with Gasteiger partial charge in [0, 0.05) is 47.6 Å². The Bertz CT molecular complexity index is 1270. The number of carboxylic acid groups (broad SMARTS) is 1. The van der Waals surface area contributed by atoms with Crippen LogP contribution < -0.4 is 21.3 Å². The van der Waals surface area contributed by atoms with Crippen molar-refractivity contribution in [2.45, 2.75) is 49.9 Å². The van der Waals surface area contributed by atoms with E-state index in [1.807, 2.05) is 24.3 Å². The van der Waals surface area contributed by atoms with E-state index in [4.69, 9.17) is 0 Å². The average molecular weight is 542 g/mol. The summed E-state index contributed by atoms with van der Waals surface area (Å²) in [5.74, 6) is -2.78. The zero-order valence-electron chi connectivity index (χ0n) is 20.6. The molecule has 38 heavy (non-hydrogen) atoms. The zero-order valence-corrected chi connectivity index (χ0v) is 21.5. The van der Waals surface area contributed by atoms with E-state index >= 15 is 0 Å². The van der Waals surface area contributed by atoms with Crippen LogP contribution >= 0.6 is 12.6 Å². The molecule has 3 amide bonds. The van der Waals surface area contributed by atoms with Gasteiger partial charge >= 0.3 is 5.97 Å². The van der Waals surface area contributed by atoms with Crippen molar-refractivity contribution in [3.63, 3.8) is 0 Å². The number of thiol groups is 1. The number of aromatic amines is 2. The van der Waals surface area contributed by atoms with Crippen LogP contribution in [0.5, 0.6) is 0 Å². The number of aliphatic carboxylic acids is 1. The molecule has 3 aromatic rings. The molecule has 1 aliphatic heterocycles. The third-order valence-electron chi connectivity index (χ3n) is 6.52. The first-order valence-electron chi connectivity index (χ1n) is 12.4. The Hall–Kier alpha value is -3.84. The molecule has 0 spiro atoms. The molecule has 1 aromatic carbocycles. The Kier molecular flexibility index (Phi) is 9.02. The highest BCUT2D eigenvalue weighted by Gasteiger charge is 2.31. The molecule has 2 aromatic heterocycles. The zero-order chi connectivity index (χ0) is 27.1. The predicted molar refractivity (Wildman–Crippen MR) is 143 cm³/mol. The quantitative estimate of drug-likeness (QED) is 0.147. The van der Waals surface area contributed by atoms with E-state index in [0.29, 0.717) is 12.1 Å². The molecule has 1 saturated heterocycles. The molecule has 0 bridgehead atoms. The first-order valence-corrected chi connectivity index (χ1v) is 13.0. The lowest BCUT2D eigenvalue weighted by atomic mass is 10.0. The monoisotopic (exact) mass is 541 g/mol.